The number of hydrogen-bond donors (Lipinski definition) is 0. The molecule has 100 valence electrons. The van der Waals surface area contributed by atoms with Crippen molar-refractivity contribution < 1.29 is 9.21 Å². The van der Waals surface area contributed by atoms with Crippen LogP contribution in [0.15, 0.2) is 52.0 Å². The first-order valence-electron chi connectivity index (χ1n) is 6.00. The maximum Gasteiger partial charge on any atom is 0.266 e. The van der Waals surface area contributed by atoms with Crippen molar-refractivity contribution in [3.63, 3.8) is 0 Å². The van der Waals surface area contributed by atoms with Gasteiger partial charge in [-0.15, -0.1) is 0 Å². The second kappa shape index (κ2) is 5.26. The summed E-state index contributed by atoms with van der Waals surface area (Å²) < 4.78 is 6.06. The van der Waals surface area contributed by atoms with Gasteiger partial charge in [0.25, 0.3) is 5.91 Å². The molecule has 2 heterocycles. The first kappa shape index (κ1) is 13.1. The molecule has 0 saturated carbocycles. The van der Waals surface area contributed by atoms with Gasteiger partial charge in [-0.05, 0) is 11.6 Å². The molecule has 0 spiro atoms. The van der Waals surface area contributed by atoms with Crippen LogP contribution in [-0.4, -0.2) is 22.2 Å². The Morgan fingerprint density at radius 2 is 2.00 bits per heavy atom. The fourth-order valence-electron chi connectivity index (χ4n) is 1.89. The number of likely N-dealkylation sites (N-methyl/N-ethyl adjacent to an activating group) is 1. The average Bonchev–Trinajstić information content (AvgIpc) is 3.02. The van der Waals surface area contributed by atoms with Gasteiger partial charge in [-0.25, -0.2) is 0 Å². The molecule has 5 heteroatoms. The minimum absolute atomic E-state index is 0.0855. The zero-order valence-corrected chi connectivity index (χ0v) is 12.3. The van der Waals surface area contributed by atoms with Crippen LogP contribution in [0.3, 0.4) is 0 Å². The predicted octanol–water partition coefficient (Wildman–Crippen LogP) is 3.78. The second-order valence-corrected chi connectivity index (χ2v) is 6.02. The number of thioether (sulfide) groups is 1. The summed E-state index contributed by atoms with van der Waals surface area (Å²) in [6.07, 6.45) is 3.42. The molecular formula is C15H11NO2S2. The lowest BCUT2D eigenvalue weighted by molar-refractivity contribution is -0.121. The van der Waals surface area contributed by atoms with Crippen LogP contribution in [0.5, 0.6) is 0 Å². The molecule has 0 N–H and O–H groups in total. The van der Waals surface area contributed by atoms with Gasteiger partial charge in [0, 0.05) is 18.7 Å². The number of carbonyl (C=O) groups excluding carboxylic acids is 1. The molecule has 0 radical (unpaired) electrons. The highest BCUT2D eigenvalue weighted by molar-refractivity contribution is 8.26. The zero-order valence-electron chi connectivity index (χ0n) is 10.7. The lowest BCUT2D eigenvalue weighted by Gasteiger charge is -2.03. The van der Waals surface area contributed by atoms with Crippen molar-refractivity contribution in [3.8, 4) is 11.1 Å². The van der Waals surface area contributed by atoms with Crippen molar-refractivity contribution in [2.45, 2.75) is 0 Å². The number of amides is 1. The van der Waals surface area contributed by atoms with Crippen LogP contribution in [0.2, 0.25) is 0 Å². The van der Waals surface area contributed by atoms with E-state index < -0.39 is 0 Å². The van der Waals surface area contributed by atoms with Gasteiger partial charge in [0.15, 0.2) is 0 Å². The molecule has 1 aromatic carbocycles. The quantitative estimate of drug-likeness (QED) is 0.624. The molecule has 0 bridgehead atoms. The topological polar surface area (TPSA) is 33.5 Å². The average molecular weight is 301 g/mol. The number of thiocarbonyl (C=S) groups is 1. The van der Waals surface area contributed by atoms with E-state index in [4.69, 9.17) is 16.6 Å². The van der Waals surface area contributed by atoms with Gasteiger partial charge in [-0.2, -0.15) is 0 Å². The molecule has 1 amide bonds. The standard InChI is InChI=1S/C15H11NO2S2/c1-16-14(17)13(20-15(16)19)8-12-7-11(9-18-12)10-5-3-2-4-6-10/h2-9H,1H3. The Hall–Kier alpha value is -1.85. The SMILES string of the molecule is CN1C(=O)C(=Cc2cc(-c3ccccc3)co2)SC1=S. The first-order valence-corrected chi connectivity index (χ1v) is 7.23. The van der Waals surface area contributed by atoms with Crippen LogP contribution < -0.4 is 0 Å². The normalized spacial score (nSPS) is 17.2. The Kier molecular flexibility index (Phi) is 3.46. The minimum atomic E-state index is -0.0855. The van der Waals surface area contributed by atoms with Gasteiger partial charge < -0.3 is 4.42 Å². The summed E-state index contributed by atoms with van der Waals surface area (Å²) in [5.41, 5.74) is 2.07. The molecule has 0 atom stereocenters. The van der Waals surface area contributed by atoms with Crippen LogP contribution in [-0.2, 0) is 4.79 Å². The Morgan fingerprint density at radius 1 is 1.25 bits per heavy atom. The van der Waals surface area contributed by atoms with E-state index in [1.807, 2.05) is 36.4 Å². The lowest BCUT2D eigenvalue weighted by atomic mass is 10.1. The van der Waals surface area contributed by atoms with E-state index in [1.165, 1.54) is 16.7 Å². The molecule has 1 saturated heterocycles. The van der Waals surface area contributed by atoms with Crippen LogP contribution in [0, 0.1) is 0 Å². The molecule has 3 rings (SSSR count). The van der Waals surface area contributed by atoms with E-state index in [0.29, 0.717) is 15.0 Å². The smallest absolute Gasteiger partial charge is 0.266 e. The number of hydrogen-bond acceptors (Lipinski definition) is 4. The lowest BCUT2D eigenvalue weighted by Crippen LogP contribution is -2.22. The molecule has 1 fully saturated rings. The number of benzene rings is 1. The third kappa shape index (κ3) is 2.42. The van der Waals surface area contributed by atoms with Crippen molar-refractivity contribution in [1.29, 1.82) is 0 Å². The van der Waals surface area contributed by atoms with E-state index in [2.05, 4.69) is 0 Å². The summed E-state index contributed by atoms with van der Waals surface area (Å²) >= 11 is 6.38. The summed E-state index contributed by atoms with van der Waals surface area (Å²) in [5, 5.41) is 0. The molecule has 1 aliphatic rings. The summed E-state index contributed by atoms with van der Waals surface area (Å²) in [5.74, 6) is 0.565. The Bertz CT molecular complexity index is 704. The Morgan fingerprint density at radius 3 is 2.65 bits per heavy atom. The number of rotatable bonds is 2. The van der Waals surface area contributed by atoms with E-state index >= 15 is 0 Å². The van der Waals surface area contributed by atoms with Crippen molar-refractivity contribution in [3.05, 3.63) is 53.3 Å². The summed E-state index contributed by atoms with van der Waals surface area (Å²) in [6.45, 7) is 0. The highest BCUT2D eigenvalue weighted by Crippen LogP contribution is 2.32. The van der Waals surface area contributed by atoms with Crippen molar-refractivity contribution in [2.75, 3.05) is 7.05 Å². The maximum atomic E-state index is 11.9. The van der Waals surface area contributed by atoms with Crippen molar-refractivity contribution in [1.82, 2.24) is 4.90 Å². The maximum absolute atomic E-state index is 11.9. The van der Waals surface area contributed by atoms with Gasteiger partial charge in [0.2, 0.25) is 0 Å². The minimum Gasteiger partial charge on any atom is -0.464 e. The molecular weight excluding hydrogens is 290 g/mol. The fraction of sp³-hybridized carbons (Fsp3) is 0.0667. The molecule has 1 aliphatic heterocycles. The summed E-state index contributed by atoms with van der Waals surface area (Å²) in [4.78, 5) is 14.0. The van der Waals surface area contributed by atoms with E-state index in [1.54, 1.807) is 19.4 Å². The predicted molar refractivity (Wildman–Crippen MR) is 85.1 cm³/mol. The first-order chi connectivity index (χ1) is 9.65. The monoisotopic (exact) mass is 301 g/mol. The van der Waals surface area contributed by atoms with E-state index in [9.17, 15) is 4.79 Å². The summed E-state index contributed by atoms with van der Waals surface area (Å²) in [7, 11) is 1.68. The zero-order chi connectivity index (χ0) is 14.1. The molecule has 20 heavy (non-hydrogen) atoms. The van der Waals surface area contributed by atoms with Crippen LogP contribution in [0.25, 0.3) is 17.2 Å². The molecule has 2 aromatic rings. The van der Waals surface area contributed by atoms with Crippen LogP contribution in [0.1, 0.15) is 5.76 Å². The Labute approximate surface area is 126 Å². The van der Waals surface area contributed by atoms with Gasteiger partial charge in [-0.3, -0.25) is 9.69 Å². The summed E-state index contributed by atoms with van der Waals surface area (Å²) in [6, 6.07) is 11.9. The van der Waals surface area contributed by atoms with Gasteiger partial charge in [0.05, 0.1) is 11.2 Å². The van der Waals surface area contributed by atoms with Gasteiger partial charge >= 0.3 is 0 Å². The second-order valence-electron chi connectivity index (χ2n) is 4.34. The molecule has 1 aromatic heterocycles. The number of carbonyl (C=O) groups is 1. The van der Waals surface area contributed by atoms with E-state index in [-0.39, 0.29) is 5.91 Å². The van der Waals surface area contributed by atoms with Crippen molar-refractivity contribution >= 4 is 40.3 Å². The van der Waals surface area contributed by atoms with E-state index in [0.717, 1.165) is 11.1 Å². The highest BCUT2D eigenvalue weighted by atomic mass is 32.2. The number of nitrogens with zero attached hydrogens (tertiary/aromatic N) is 1. The van der Waals surface area contributed by atoms with Crippen LogP contribution in [0.4, 0.5) is 0 Å². The van der Waals surface area contributed by atoms with Gasteiger partial charge in [0.1, 0.15) is 10.1 Å². The number of furan rings is 1. The molecule has 0 aliphatic carbocycles. The largest absolute Gasteiger partial charge is 0.464 e. The van der Waals surface area contributed by atoms with Crippen molar-refractivity contribution in [2.24, 2.45) is 0 Å². The van der Waals surface area contributed by atoms with Crippen LogP contribution >= 0.6 is 24.0 Å². The third-order valence-electron chi connectivity index (χ3n) is 2.99. The highest BCUT2D eigenvalue weighted by Gasteiger charge is 2.28. The Balaban J connectivity index is 1.89. The molecule has 0 unspecified atom stereocenters. The fourth-order valence-corrected chi connectivity index (χ4v) is 3.04. The van der Waals surface area contributed by atoms with Gasteiger partial charge in [-0.1, -0.05) is 54.3 Å². The molecule has 3 nitrogen and oxygen atoms in total. The third-order valence-corrected chi connectivity index (χ3v) is 4.47.